The first-order chi connectivity index (χ1) is 5.13. The number of halogens is 1. The van der Waals surface area contributed by atoms with Crippen molar-refractivity contribution in [2.75, 3.05) is 13.3 Å². The zero-order valence-electron chi connectivity index (χ0n) is 6.46. The molecule has 0 rings (SSSR count). The summed E-state index contributed by atoms with van der Waals surface area (Å²) in [6.45, 7) is 0.600. The van der Waals surface area contributed by atoms with Gasteiger partial charge in [-0.15, -0.1) is 0 Å². The minimum Gasteiger partial charge on any atom is -0.481 e. The van der Waals surface area contributed by atoms with E-state index in [2.05, 4.69) is 0 Å². The van der Waals surface area contributed by atoms with E-state index in [0.29, 0.717) is 0 Å². The molecule has 0 bridgehead atoms. The third kappa shape index (κ3) is 3.32. The highest BCUT2D eigenvalue weighted by Crippen LogP contribution is 2.15. The fourth-order valence-corrected chi connectivity index (χ4v) is 0.828. The largest absolute Gasteiger partial charge is 0.481 e. The molecule has 0 amide bonds. The molecule has 0 saturated carbocycles. The lowest BCUT2D eigenvalue weighted by atomic mass is 9.93. The summed E-state index contributed by atoms with van der Waals surface area (Å²) in [6.07, 6.45) is 0.212. The zero-order valence-corrected chi connectivity index (χ0v) is 6.46. The van der Waals surface area contributed by atoms with Gasteiger partial charge in [0.15, 0.2) is 0 Å². The first-order valence-electron chi connectivity index (χ1n) is 3.53. The third-order valence-corrected chi connectivity index (χ3v) is 1.79. The van der Waals surface area contributed by atoms with Crippen molar-refractivity contribution < 1.29 is 19.4 Å². The van der Waals surface area contributed by atoms with Gasteiger partial charge in [-0.05, 0) is 6.42 Å². The molecule has 66 valence electrons. The molecule has 0 aliphatic heterocycles. The van der Waals surface area contributed by atoms with Crippen molar-refractivity contribution >= 4 is 5.97 Å². The molecule has 0 spiro atoms. The summed E-state index contributed by atoms with van der Waals surface area (Å²) >= 11 is 0. The highest BCUT2D eigenvalue weighted by molar-refractivity contribution is 5.69. The first kappa shape index (κ1) is 10.4. The first-order valence-corrected chi connectivity index (χ1v) is 3.53. The minimum absolute atomic E-state index is 0.161. The number of rotatable bonds is 5. The Labute approximate surface area is 64.8 Å². The Morgan fingerprint density at radius 2 is 2.18 bits per heavy atom. The number of alkyl halides is 1. The monoisotopic (exact) mass is 164 g/mol. The molecule has 0 fully saturated rings. The van der Waals surface area contributed by atoms with Gasteiger partial charge < -0.3 is 10.2 Å². The van der Waals surface area contributed by atoms with E-state index in [9.17, 15) is 9.18 Å². The number of aliphatic carboxylic acids is 1. The number of aliphatic hydroxyl groups excluding tert-OH is 1. The summed E-state index contributed by atoms with van der Waals surface area (Å²) in [5.74, 6) is -2.29. The molecule has 0 aliphatic rings. The third-order valence-electron chi connectivity index (χ3n) is 1.79. The average Bonchev–Trinajstić information content (AvgIpc) is 1.98. The van der Waals surface area contributed by atoms with Crippen LogP contribution in [0.15, 0.2) is 0 Å². The Balaban J connectivity index is 3.91. The molecule has 0 saturated heterocycles. The van der Waals surface area contributed by atoms with Crippen LogP contribution in [0.2, 0.25) is 0 Å². The Hall–Kier alpha value is -0.640. The number of hydrogen-bond acceptors (Lipinski definition) is 2. The second-order valence-corrected chi connectivity index (χ2v) is 2.55. The van der Waals surface area contributed by atoms with Gasteiger partial charge in [0.2, 0.25) is 0 Å². The van der Waals surface area contributed by atoms with Crippen molar-refractivity contribution in [2.24, 2.45) is 11.8 Å². The minimum atomic E-state index is -1.01. The van der Waals surface area contributed by atoms with Crippen LogP contribution in [-0.2, 0) is 4.79 Å². The van der Waals surface area contributed by atoms with Crippen LogP contribution >= 0.6 is 0 Å². The summed E-state index contributed by atoms with van der Waals surface area (Å²) in [7, 11) is 0. The summed E-state index contributed by atoms with van der Waals surface area (Å²) in [6, 6.07) is 0. The van der Waals surface area contributed by atoms with E-state index in [1.807, 2.05) is 0 Å². The fraction of sp³-hybridized carbons (Fsp3) is 0.857. The van der Waals surface area contributed by atoms with E-state index in [1.165, 1.54) is 6.92 Å². The predicted molar refractivity (Wildman–Crippen MR) is 38.0 cm³/mol. The van der Waals surface area contributed by atoms with Crippen molar-refractivity contribution in [3.8, 4) is 0 Å². The lowest BCUT2D eigenvalue weighted by molar-refractivity contribution is -0.143. The molecule has 0 heterocycles. The highest BCUT2D eigenvalue weighted by atomic mass is 19.1. The van der Waals surface area contributed by atoms with Crippen molar-refractivity contribution in [3.05, 3.63) is 0 Å². The zero-order chi connectivity index (χ0) is 8.85. The Morgan fingerprint density at radius 3 is 2.45 bits per heavy atom. The van der Waals surface area contributed by atoms with Gasteiger partial charge in [0.05, 0.1) is 12.6 Å². The maximum absolute atomic E-state index is 12.1. The van der Waals surface area contributed by atoms with E-state index in [0.717, 1.165) is 0 Å². The number of carbonyl (C=O) groups is 1. The van der Waals surface area contributed by atoms with E-state index < -0.39 is 24.5 Å². The molecule has 3 nitrogen and oxygen atoms in total. The molecule has 0 aromatic heterocycles. The molecule has 0 aromatic rings. The molecule has 0 aromatic carbocycles. The van der Waals surface area contributed by atoms with Gasteiger partial charge in [0, 0.05) is 12.5 Å². The van der Waals surface area contributed by atoms with Gasteiger partial charge >= 0.3 is 5.97 Å². The number of carboxylic acid groups (broad SMARTS) is 1. The van der Waals surface area contributed by atoms with Crippen molar-refractivity contribution in [2.45, 2.75) is 13.3 Å². The van der Waals surface area contributed by atoms with Crippen LogP contribution < -0.4 is 0 Å². The van der Waals surface area contributed by atoms with Crippen LogP contribution in [0.5, 0.6) is 0 Å². The van der Waals surface area contributed by atoms with E-state index in [1.54, 1.807) is 0 Å². The van der Waals surface area contributed by atoms with Crippen LogP contribution in [0.4, 0.5) is 4.39 Å². The second-order valence-electron chi connectivity index (χ2n) is 2.55. The molecular weight excluding hydrogens is 151 g/mol. The van der Waals surface area contributed by atoms with Gasteiger partial charge in [-0.25, -0.2) is 0 Å². The quantitative estimate of drug-likeness (QED) is 0.628. The van der Waals surface area contributed by atoms with E-state index in [4.69, 9.17) is 10.2 Å². The fourth-order valence-electron chi connectivity index (χ4n) is 0.828. The van der Waals surface area contributed by atoms with Gasteiger partial charge in [-0.2, -0.15) is 0 Å². The topological polar surface area (TPSA) is 57.5 Å². The molecule has 2 N–H and O–H groups in total. The van der Waals surface area contributed by atoms with E-state index >= 15 is 0 Å². The van der Waals surface area contributed by atoms with Gasteiger partial charge in [0.1, 0.15) is 0 Å². The van der Waals surface area contributed by atoms with Crippen LogP contribution in [0, 0.1) is 11.8 Å². The number of aliphatic hydroxyl groups is 1. The standard InChI is InChI=1S/C7H13FO3/c1-5(7(10)11)6(4-8)2-3-9/h5-6,9H,2-4H2,1H3,(H,10,11). The van der Waals surface area contributed by atoms with Crippen LogP contribution in [0.25, 0.3) is 0 Å². The Morgan fingerprint density at radius 1 is 1.64 bits per heavy atom. The van der Waals surface area contributed by atoms with Gasteiger partial charge in [-0.3, -0.25) is 9.18 Å². The molecule has 2 atom stereocenters. The summed E-state index contributed by atoms with van der Waals surface area (Å²) in [5, 5.41) is 16.9. The highest BCUT2D eigenvalue weighted by Gasteiger charge is 2.22. The average molecular weight is 164 g/mol. The Bertz CT molecular complexity index is 127. The second kappa shape index (κ2) is 5.07. The van der Waals surface area contributed by atoms with Crippen molar-refractivity contribution in [1.29, 1.82) is 0 Å². The maximum Gasteiger partial charge on any atom is 0.306 e. The number of hydrogen-bond donors (Lipinski definition) is 2. The predicted octanol–water partition coefficient (Wildman–Crippen LogP) is 0.675. The summed E-state index contributed by atoms with van der Waals surface area (Å²) < 4.78 is 12.1. The Kier molecular flexibility index (Phi) is 4.77. The lowest BCUT2D eigenvalue weighted by Gasteiger charge is -2.15. The SMILES string of the molecule is CC(C(=O)O)C(CF)CCO. The molecule has 4 heteroatoms. The summed E-state index contributed by atoms with van der Waals surface area (Å²) in [4.78, 5) is 10.3. The lowest BCUT2D eigenvalue weighted by Crippen LogP contribution is -2.23. The molecule has 0 aliphatic carbocycles. The maximum atomic E-state index is 12.1. The van der Waals surface area contributed by atoms with Gasteiger partial charge in [-0.1, -0.05) is 6.92 Å². The van der Waals surface area contributed by atoms with Crippen LogP contribution in [0.3, 0.4) is 0 Å². The normalized spacial score (nSPS) is 15.9. The van der Waals surface area contributed by atoms with Crippen molar-refractivity contribution in [1.82, 2.24) is 0 Å². The van der Waals surface area contributed by atoms with Crippen molar-refractivity contribution in [3.63, 3.8) is 0 Å². The molecule has 11 heavy (non-hydrogen) atoms. The van der Waals surface area contributed by atoms with Gasteiger partial charge in [0.25, 0.3) is 0 Å². The van der Waals surface area contributed by atoms with Crippen LogP contribution in [0.1, 0.15) is 13.3 Å². The summed E-state index contributed by atoms with van der Waals surface area (Å²) in [5.41, 5.74) is 0. The smallest absolute Gasteiger partial charge is 0.306 e. The molecular formula is C7H13FO3. The van der Waals surface area contributed by atoms with Crippen LogP contribution in [-0.4, -0.2) is 29.5 Å². The molecule has 0 radical (unpaired) electrons. The number of carboxylic acids is 1. The molecule has 2 unspecified atom stereocenters. The van der Waals surface area contributed by atoms with E-state index in [-0.39, 0.29) is 13.0 Å².